The van der Waals surface area contributed by atoms with Crippen LogP contribution in [0.3, 0.4) is 0 Å². The molecule has 6 heteroatoms. The number of carbonyl (C=O) groups excluding carboxylic acids is 2. The lowest BCUT2D eigenvalue weighted by molar-refractivity contribution is -0.133. The zero-order valence-electron chi connectivity index (χ0n) is 15.9. The minimum absolute atomic E-state index is 0.114. The minimum atomic E-state index is -0.177. The molecule has 1 aromatic heterocycles. The summed E-state index contributed by atoms with van der Waals surface area (Å²) in [4.78, 5) is 30.8. The summed E-state index contributed by atoms with van der Waals surface area (Å²) in [5.74, 6) is 1.38. The van der Waals surface area contributed by atoms with Crippen molar-refractivity contribution in [3.63, 3.8) is 0 Å². The molecule has 27 heavy (non-hydrogen) atoms. The highest BCUT2D eigenvalue weighted by Crippen LogP contribution is 2.32. The minimum Gasteiger partial charge on any atom is -0.440 e. The highest BCUT2D eigenvalue weighted by molar-refractivity contribution is 5.80. The van der Waals surface area contributed by atoms with Gasteiger partial charge in [0.05, 0.1) is 0 Å². The van der Waals surface area contributed by atoms with E-state index >= 15 is 0 Å². The number of fused-ring (bicyclic) bond motifs is 1. The third kappa shape index (κ3) is 3.70. The average Bonchev–Trinajstić information content (AvgIpc) is 3.30. The van der Waals surface area contributed by atoms with Gasteiger partial charge in [-0.25, -0.2) is 4.98 Å². The van der Waals surface area contributed by atoms with Gasteiger partial charge in [0.15, 0.2) is 11.5 Å². The van der Waals surface area contributed by atoms with Gasteiger partial charge in [0.2, 0.25) is 11.8 Å². The summed E-state index contributed by atoms with van der Waals surface area (Å²) in [6.45, 7) is 3.57. The Balaban J connectivity index is 1.31. The highest BCUT2D eigenvalue weighted by Gasteiger charge is 2.36. The summed E-state index contributed by atoms with van der Waals surface area (Å²) in [5, 5.41) is 3.09. The summed E-state index contributed by atoms with van der Waals surface area (Å²) < 4.78 is 5.90. The Morgan fingerprint density at radius 2 is 2.11 bits per heavy atom. The van der Waals surface area contributed by atoms with E-state index in [9.17, 15) is 9.59 Å². The maximum absolute atomic E-state index is 12.7. The number of carbonyl (C=O) groups is 2. The molecule has 3 heterocycles. The van der Waals surface area contributed by atoms with Crippen molar-refractivity contribution in [2.75, 3.05) is 13.1 Å². The van der Waals surface area contributed by atoms with Crippen molar-refractivity contribution < 1.29 is 14.0 Å². The van der Waals surface area contributed by atoms with E-state index in [-0.39, 0.29) is 23.3 Å². The first-order chi connectivity index (χ1) is 13.1. The quantitative estimate of drug-likeness (QED) is 0.877. The van der Waals surface area contributed by atoms with Gasteiger partial charge >= 0.3 is 0 Å². The molecular formula is C21H27N3O3. The van der Waals surface area contributed by atoms with Crippen LogP contribution in [-0.2, 0) is 9.59 Å². The van der Waals surface area contributed by atoms with Gasteiger partial charge in [-0.15, -0.1) is 0 Å². The molecule has 0 spiro atoms. The number of para-hydroxylation sites is 2. The molecule has 2 aliphatic heterocycles. The van der Waals surface area contributed by atoms with Gasteiger partial charge in [-0.05, 0) is 44.2 Å². The Hall–Kier alpha value is -2.37. The first kappa shape index (κ1) is 18.0. The Morgan fingerprint density at radius 1 is 1.33 bits per heavy atom. The van der Waals surface area contributed by atoms with Crippen LogP contribution < -0.4 is 5.32 Å². The number of amides is 2. The molecule has 2 aliphatic rings. The molecule has 0 saturated carbocycles. The molecule has 6 nitrogen and oxygen atoms in total. The lowest BCUT2D eigenvalue weighted by Gasteiger charge is -2.32. The van der Waals surface area contributed by atoms with Gasteiger partial charge in [-0.3, -0.25) is 9.59 Å². The molecule has 144 valence electrons. The van der Waals surface area contributed by atoms with Crippen molar-refractivity contribution in [1.82, 2.24) is 15.2 Å². The largest absolute Gasteiger partial charge is 0.440 e. The number of rotatable bonds is 5. The molecule has 0 aliphatic carbocycles. The SMILES string of the molecule is CCC1(CCC(=O)N2CCC(c3nc4ccccc4o3)CC2)CCC(=O)N1. The maximum Gasteiger partial charge on any atom is 0.222 e. The third-order valence-electron chi connectivity index (χ3n) is 6.24. The Kier molecular flexibility index (Phi) is 4.89. The maximum atomic E-state index is 12.7. The smallest absolute Gasteiger partial charge is 0.222 e. The summed E-state index contributed by atoms with van der Waals surface area (Å²) in [7, 11) is 0. The van der Waals surface area contributed by atoms with Crippen LogP contribution in [0.15, 0.2) is 28.7 Å². The van der Waals surface area contributed by atoms with Crippen LogP contribution in [0.25, 0.3) is 11.1 Å². The summed E-state index contributed by atoms with van der Waals surface area (Å²) in [6, 6.07) is 7.82. The van der Waals surface area contributed by atoms with Gasteiger partial charge in [0.1, 0.15) is 5.52 Å². The van der Waals surface area contributed by atoms with E-state index in [0.717, 1.165) is 62.2 Å². The molecule has 1 aromatic carbocycles. The fourth-order valence-electron chi connectivity index (χ4n) is 4.35. The number of hydrogen-bond acceptors (Lipinski definition) is 4. The molecule has 1 atom stereocenters. The summed E-state index contributed by atoms with van der Waals surface area (Å²) >= 11 is 0. The van der Waals surface area contributed by atoms with Gasteiger partial charge in [-0.2, -0.15) is 0 Å². The van der Waals surface area contributed by atoms with E-state index in [2.05, 4.69) is 17.2 Å². The van der Waals surface area contributed by atoms with Gasteiger partial charge < -0.3 is 14.6 Å². The Bertz CT molecular complexity index is 805. The van der Waals surface area contributed by atoms with Gasteiger partial charge in [0.25, 0.3) is 0 Å². The molecule has 2 fully saturated rings. The fraction of sp³-hybridized carbons (Fsp3) is 0.571. The normalized spacial score (nSPS) is 23.7. The second-order valence-corrected chi connectivity index (χ2v) is 7.86. The van der Waals surface area contributed by atoms with Crippen LogP contribution in [0, 0.1) is 0 Å². The highest BCUT2D eigenvalue weighted by atomic mass is 16.3. The van der Waals surface area contributed by atoms with Crippen LogP contribution in [0.4, 0.5) is 0 Å². The van der Waals surface area contributed by atoms with E-state index in [4.69, 9.17) is 4.42 Å². The van der Waals surface area contributed by atoms with Crippen LogP contribution >= 0.6 is 0 Å². The number of nitrogens with one attached hydrogen (secondary N) is 1. The molecule has 1 N–H and O–H groups in total. The number of hydrogen-bond donors (Lipinski definition) is 1. The van der Waals surface area contributed by atoms with E-state index in [1.807, 2.05) is 29.2 Å². The van der Waals surface area contributed by atoms with Crippen LogP contribution in [0.2, 0.25) is 0 Å². The number of oxazole rings is 1. The predicted molar refractivity (Wildman–Crippen MR) is 102 cm³/mol. The van der Waals surface area contributed by atoms with Crippen molar-refractivity contribution >= 4 is 22.9 Å². The first-order valence-electron chi connectivity index (χ1n) is 10.0. The second-order valence-electron chi connectivity index (χ2n) is 7.86. The molecule has 2 saturated heterocycles. The molecule has 1 unspecified atom stereocenters. The number of piperidine rings is 1. The van der Waals surface area contributed by atoms with E-state index < -0.39 is 0 Å². The zero-order valence-corrected chi connectivity index (χ0v) is 15.9. The third-order valence-corrected chi connectivity index (χ3v) is 6.24. The molecule has 0 bridgehead atoms. The molecule has 4 rings (SSSR count). The van der Waals surface area contributed by atoms with Gasteiger partial charge in [-0.1, -0.05) is 19.1 Å². The fourth-order valence-corrected chi connectivity index (χ4v) is 4.35. The number of aromatic nitrogens is 1. The van der Waals surface area contributed by atoms with E-state index in [1.165, 1.54) is 0 Å². The van der Waals surface area contributed by atoms with Crippen molar-refractivity contribution in [1.29, 1.82) is 0 Å². The standard InChI is InChI=1S/C21H27N3O3/c1-2-21(11-7-18(25)23-21)12-8-19(26)24-13-9-15(10-14-24)20-22-16-5-3-4-6-17(16)27-20/h3-6,15H,2,7-14H2,1H3,(H,23,25). The second kappa shape index (κ2) is 7.33. The van der Waals surface area contributed by atoms with Crippen molar-refractivity contribution in [2.45, 2.75) is 63.3 Å². The van der Waals surface area contributed by atoms with Crippen LogP contribution in [0.1, 0.15) is 63.7 Å². The van der Waals surface area contributed by atoms with Crippen LogP contribution in [-0.4, -0.2) is 40.3 Å². The monoisotopic (exact) mass is 369 g/mol. The molecule has 2 amide bonds. The topological polar surface area (TPSA) is 75.4 Å². The number of likely N-dealkylation sites (tertiary alicyclic amines) is 1. The summed E-state index contributed by atoms with van der Waals surface area (Å²) in [5.41, 5.74) is 1.55. The summed E-state index contributed by atoms with van der Waals surface area (Å²) in [6.07, 6.45) is 5.31. The van der Waals surface area contributed by atoms with E-state index in [1.54, 1.807) is 0 Å². The molecular weight excluding hydrogens is 342 g/mol. The van der Waals surface area contributed by atoms with Crippen molar-refractivity contribution in [2.24, 2.45) is 0 Å². The predicted octanol–water partition coefficient (Wildman–Crippen LogP) is 3.37. The van der Waals surface area contributed by atoms with E-state index in [0.29, 0.717) is 12.8 Å². The number of nitrogens with zero attached hydrogens (tertiary/aromatic N) is 2. The van der Waals surface area contributed by atoms with Crippen molar-refractivity contribution in [3.05, 3.63) is 30.2 Å². The molecule has 0 radical (unpaired) electrons. The lowest BCUT2D eigenvalue weighted by atomic mass is 9.88. The molecule has 2 aromatic rings. The van der Waals surface area contributed by atoms with Crippen LogP contribution in [0.5, 0.6) is 0 Å². The zero-order chi connectivity index (χ0) is 18.9. The Labute approximate surface area is 159 Å². The van der Waals surface area contributed by atoms with Crippen molar-refractivity contribution in [3.8, 4) is 0 Å². The Morgan fingerprint density at radius 3 is 2.78 bits per heavy atom. The lowest BCUT2D eigenvalue weighted by Crippen LogP contribution is -2.43. The first-order valence-corrected chi connectivity index (χ1v) is 10.0. The number of benzene rings is 1. The van der Waals surface area contributed by atoms with Gasteiger partial charge in [0, 0.05) is 37.4 Å². The average molecular weight is 369 g/mol.